The minimum Gasteiger partial charge on any atom is -0.336 e. The maximum atomic E-state index is 13.5. The van der Waals surface area contributed by atoms with E-state index in [-0.39, 0.29) is 6.04 Å². The highest BCUT2D eigenvalue weighted by atomic mass is 35.5. The second kappa shape index (κ2) is 6.69. The van der Waals surface area contributed by atoms with Crippen molar-refractivity contribution in [2.75, 3.05) is 12.4 Å². The van der Waals surface area contributed by atoms with Crippen molar-refractivity contribution in [2.24, 2.45) is 0 Å². The number of hydrogen-bond acceptors (Lipinski definition) is 1. The number of alkyl halides is 1. The average molecular weight is 276 g/mol. The third-order valence-electron chi connectivity index (χ3n) is 2.59. The summed E-state index contributed by atoms with van der Waals surface area (Å²) in [4.78, 5) is 13.6. The monoisotopic (exact) mass is 275 g/mol. The van der Waals surface area contributed by atoms with Crippen LogP contribution in [0.5, 0.6) is 0 Å². The number of rotatable bonds is 5. The molecule has 1 rings (SSSR count). The van der Waals surface area contributed by atoms with Gasteiger partial charge in [0.1, 0.15) is 17.2 Å². The molecule has 2 nitrogen and oxygen atoms in total. The van der Waals surface area contributed by atoms with Crippen LogP contribution in [0, 0.1) is 11.6 Å². The molecule has 0 atom stereocenters. The molecule has 0 bridgehead atoms. The molecule has 0 N–H and O–H groups in total. The molecule has 0 spiro atoms. The molecule has 1 aromatic carbocycles. The van der Waals surface area contributed by atoms with E-state index in [2.05, 4.69) is 0 Å². The quantitative estimate of drug-likeness (QED) is 0.754. The zero-order valence-electron chi connectivity index (χ0n) is 10.4. The van der Waals surface area contributed by atoms with Gasteiger partial charge in [0.2, 0.25) is 0 Å². The Labute approximate surface area is 111 Å². The summed E-state index contributed by atoms with van der Waals surface area (Å²) in [5.74, 6) is -1.91. The highest BCUT2D eigenvalue weighted by Crippen LogP contribution is 2.16. The van der Waals surface area contributed by atoms with Gasteiger partial charge >= 0.3 is 0 Å². The van der Waals surface area contributed by atoms with Crippen LogP contribution in [-0.4, -0.2) is 29.3 Å². The second-order valence-electron chi connectivity index (χ2n) is 4.23. The predicted molar refractivity (Wildman–Crippen MR) is 67.9 cm³/mol. The first-order valence-corrected chi connectivity index (χ1v) is 6.33. The molecule has 100 valence electrons. The van der Waals surface area contributed by atoms with Crippen LogP contribution < -0.4 is 0 Å². The lowest BCUT2D eigenvalue weighted by Crippen LogP contribution is -2.38. The normalized spacial score (nSPS) is 10.8. The lowest BCUT2D eigenvalue weighted by atomic mass is 10.1. The van der Waals surface area contributed by atoms with Gasteiger partial charge in [-0.25, -0.2) is 8.78 Å². The van der Waals surface area contributed by atoms with Gasteiger partial charge in [0, 0.05) is 18.5 Å². The fourth-order valence-corrected chi connectivity index (χ4v) is 1.79. The van der Waals surface area contributed by atoms with Crippen molar-refractivity contribution < 1.29 is 13.6 Å². The van der Waals surface area contributed by atoms with Crippen LogP contribution in [0.25, 0.3) is 0 Å². The molecule has 0 saturated carbocycles. The van der Waals surface area contributed by atoms with Gasteiger partial charge in [-0.15, -0.1) is 11.6 Å². The molecule has 0 aromatic heterocycles. The van der Waals surface area contributed by atoms with Gasteiger partial charge < -0.3 is 4.90 Å². The minimum absolute atomic E-state index is 0.139. The van der Waals surface area contributed by atoms with Crippen LogP contribution in [0.15, 0.2) is 18.2 Å². The average Bonchev–Trinajstić information content (AvgIpc) is 2.28. The molecule has 0 aliphatic carbocycles. The Kier molecular flexibility index (Phi) is 5.54. The Morgan fingerprint density at radius 3 is 2.33 bits per heavy atom. The lowest BCUT2D eigenvalue weighted by molar-refractivity contribution is 0.0696. The number of carbonyl (C=O) groups is 1. The summed E-state index contributed by atoms with van der Waals surface area (Å²) in [6, 6.07) is 3.26. The van der Waals surface area contributed by atoms with E-state index in [0.29, 0.717) is 18.8 Å². The first kappa shape index (κ1) is 14.9. The molecule has 5 heteroatoms. The third kappa shape index (κ3) is 3.42. The number of amides is 1. The summed E-state index contributed by atoms with van der Waals surface area (Å²) in [5.41, 5.74) is -0.499. The van der Waals surface area contributed by atoms with E-state index in [0.717, 1.165) is 12.1 Å². The highest BCUT2D eigenvalue weighted by Gasteiger charge is 2.24. The number of carbonyl (C=O) groups excluding carboxylic acids is 1. The first-order chi connectivity index (χ1) is 8.49. The Morgan fingerprint density at radius 2 is 1.89 bits per heavy atom. The number of benzene rings is 1. The summed E-state index contributed by atoms with van der Waals surface area (Å²) < 4.78 is 27.1. The van der Waals surface area contributed by atoms with E-state index in [1.54, 1.807) is 13.8 Å². The minimum atomic E-state index is -0.837. The fourth-order valence-electron chi connectivity index (χ4n) is 1.67. The molecule has 0 unspecified atom stereocenters. The van der Waals surface area contributed by atoms with E-state index >= 15 is 0 Å². The van der Waals surface area contributed by atoms with Gasteiger partial charge in [-0.05, 0) is 32.4 Å². The van der Waals surface area contributed by atoms with Crippen molar-refractivity contribution in [3.63, 3.8) is 0 Å². The van der Waals surface area contributed by atoms with Crippen molar-refractivity contribution in [1.29, 1.82) is 0 Å². The molecule has 1 amide bonds. The van der Waals surface area contributed by atoms with E-state index in [1.165, 1.54) is 11.0 Å². The van der Waals surface area contributed by atoms with E-state index < -0.39 is 23.1 Å². The summed E-state index contributed by atoms with van der Waals surface area (Å²) in [7, 11) is 0. The van der Waals surface area contributed by atoms with Crippen LogP contribution >= 0.6 is 11.6 Å². The van der Waals surface area contributed by atoms with Crippen LogP contribution in [0.2, 0.25) is 0 Å². The van der Waals surface area contributed by atoms with Gasteiger partial charge in [0.05, 0.1) is 0 Å². The number of hydrogen-bond donors (Lipinski definition) is 0. The molecule has 18 heavy (non-hydrogen) atoms. The van der Waals surface area contributed by atoms with E-state index in [1.807, 2.05) is 0 Å². The Bertz CT molecular complexity index is 403. The molecule has 0 saturated heterocycles. The summed E-state index contributed by atoms with van der Waals surface area (Å²) in [6.45, 7) is 3.98. The van der Waals surface area contributed by atoms with Crippen molar-refractivity contribution >= 4 is 17.5 Å². The predicted octanol–water partition coefficient (Wildman–Crippen LogP) is 3.44. The summed E-state index contributed by atoms with van der Waals surface area (Å²) >= 11 is 5.58. The first-order valence-electron chi connectivity index (χ1n) is 5.80. The summed E-state index contributed by atoms with van der Waals surface area (Å²) in [5, 5.41) is 0. The van der Waals surface area contributed by atoms with Gasteiger partial charge in [0.15, 0.2) is 0 Å². The van der Waals surface area contributed by atoms with Gasteiger partial charge in [-0.3, -0.25) is 4.79 Å². The van der Waals surface area contributed by atoms with Crippen LogP contribution in [0.1, 0.15) is 30.6 Å². The zero-order valence-corrected chi connectivity index (χ0v) is 11.2. The van der Waals surface area contributed by atoms with E-state index in [9.17, 15) is 13.6 Å². The molecule has 0 aliphatic rings. The van der Waals surface area contributed by atoms with Crippen molar-refractivity contribution in [2.45, 2.75) is 26.3 Å². The Balaban J connectivity index is 3.02. The van der Waals surface area contributed by atoms with Gasteiger partial charge in [0.25, 0.3) is 5.91 Å². The smallest absolute Gasteiger partial charge is 0.260 e. The molecular weight excluding hydrogens is 260 g/mol. The van der Waals surface area contributed by atoms with Crippen LogP contribution in [0.4, 0.5) is 8.78 Å². The SMILES string of the molecule is CC(C)N(CCCCl)C(=O)c1c(F)cccc1F. The molecule has 0 heterocycles. The van der Waals surface area contributed by atoms with Crippen molar-refractivity contribution in [1.82, 2.24) is 4.90 Å². The van der Waals surface area contributed by atoms with Crippen molar-refractivity contribution in [3.8, 4) is 0 Å². The molecule has 0 fully saturated rings. The topological polar surface area (TPSA) is 20.3 Å². The summed E-state index contributed by atoms with van der Waals surface area (Å²) in [6.07, 6.45) is 0.585. The largest absolute Gasteiger partial charge is 0.336 e. The van der Waals surface area contributed by atoms with Crippen molar-refractivity contribution in [3.05, 3.63) is 35.4 Å². The van der Waals surface area contributed by atoms with Gasteiger partial charge in [-0.2, -0.15) is 0 Å². The maximum absolute atomic E-state index is 13.5. The zero-order chi connectivity index (χ0) is 13.7. The molecule has 0 aliphatic heterocycles. The second-order valence-corrected chi connectivity index (χ2v) is 4.61. The maximum Gasteiger partial charge on any atom is 0.260 e. The lowest BCUT2D eigenvalue weighted by Gasteiger charge is -2.26. The standard InChI is InChI=1S/C13H16ClF2NO/c1-9(2)17(8-4-7-14)13(18)12-10(15)5-3-6-11(12)16/h3,5-6,9H,4,7-8H2,1-2H3. The third-order valence-corrected chi connectivity index (χ3v) is 2.86. The van der Waals surface area contributed by atoms with Crippen LogP contribution in [0.3, 0.4) is 0 Å². The fraction of sp³-hybridized carbons (Fsp3) is 0.462. The Morgan fingerprint density at radius 1 is 1.33 bits per heavy atom. The van der Waals surface area contributed by atoms with Crippen LogP contribution in [-0.2, 0) is 0 Å². The number of nitrogens with zero attached hydrogens (tertiary/aromatic N) is 1. The van der Waals surface area contributed by atoms with Gasteiger partial charge in [-0.1, -0.05) is 6.07 Å². The highest BCUT2D eigenvalue weighted by molar-refractivity contribution is 6.17. The molecule has 0 radical (unpaired) electrons. The molecular formula is C13H16ClF2NO. The molecule has 1 aromatic rings. The number of halogens is 3. The Hall–Kier alpha value is -1.16. The van der Waals surface area contributed by atoms with E-state index in [4.69, 9.17) is 11.6 Å².